The predicted octanol–water partition coefficient (Wildman–Crippen LogP) is 4.44. The normalized spacial score (nSPS) is 18.6. The molecule has 1 fully saturated rings. The number of epoxide rings is 1. The van der Waals surface area contributed by atoms with Crippen molar-refractivity contribution in [2.45, 2.75) is 96.2 Å². The first-order valence-corrected chi connectivity index (χ1v) is 11.1. The first-order valence-electron chi connectivity index (χ1n) is 10.6. The van der Waals surface area contributed by atoms with Gasteiger partial charge in [-0.15, -0.1) is 11.6 Å². The Balaban J connectivity index is 1.81. The average molecular weight is 401 g/mol. The summed E-state index contributed by atoms with van der Waals surface area (Å²) in [5, 5.41) is 5.16. The number of carbonyl (C=O) groups excluding carboxylic acids is 2. The van der Waals surface area contributed by atoms with Gasteiger partial charge in [-0.3, -0.25) is 9.59 Å². The lowest BCUT2D eigenvalue weighted by Crippen LogP contribution is -2.37. The maximum Gasteiger partial charge on any atom is 0.236 e. The standard InChI is InChI=1S/C21H37ClN2O3/c1-2-3-10-13-18-19(27-18)14-11-8-6-4-5-7-9-12-15-20(25)23-17-24-21(26)16-22/h8,11,18-19H,2-7,9-10,12-17H2,1H3,(H,23,25)(H,24,26)/b11-8-/t18-,19+/m1/s1. The second-order valence-electron chi connectivity index (χ2n) is 7.23. The molecule has 156 valence electrons. The third-order valence-corrected chi connectivity index (χ3v) is 5.02. The molecular formula is C21H37ClN2O3. The number of allylic oxidation sites excluding steroid dienone is 1. The highest BCUT2D eigenvalue weighted by molar-refractivity contribution is 6.27. The fraction of sp³-hybridized carbons (Fsp3) is 0.810. The molecule has 1 heterocycles. The van der Waals surface area contributed by atoms with E-state index in [1.54, 1.807) is 0 Å². The number of ether oxygens (including phenoxy) is 1. The molecule has 0 aromatic heterocycles. The van der Waals surface area contributed by atoms with Crippen LogP contribution in [0.3, 0.4) is 0 Å². The Morgan fingerprint density at radius 1 is 0.926 bits per heavy atom. The van der Waals surface area contributed by atoms with E-state index < -0.39 is 0 Å². The summed E-state index contributed by atoms with van der Waals surface area (Å²) in [7, 11) is 0. The Hall–Kier alpha value is -1.07. The van der Waals surface area contributed by atoms with Gasteiger partial charge in [0, 0.05) is 6.42 Å². The zero-order chi connectivity index (χ0) is 19.7. The van der Waals surface area contributed by atoms with Crippen LogP contribution in [0.25, 0.3) is 0 Å². The van der Waals surface area contributed by atoms with Crippen molar-refractivity contribution in [3.8, 4) is 0 Å². The lowest BCUT2D eigenvalue weighted by Gasteiger charge is -2.06. The monoisotopic (exact) mass is 400 g/mol. The molecule has 1 rings (SSSR count). The van der Waals surface area contributed by atoms with E-state index in [-0.39, 0.29) is 24.4 Å². The minimum atomic E-state index is -0.275. The average Bonchev–Trinajstić information content (AvgIpc) is 3.41. The van der Waals surface area contributed by atoms with Gasteiger partial charge in [0.05, 0.1) is 18.9 Å². The number of alkyl halides is 1. The molecule has 2 atom stereocenters. The summed E-state index contributed by atoms with van der Waals surface area (Å²) in [6.07, 6.45) is 18.9. The van der Waals surface area contributed by atoms with Gasteiger partial charge >= 0.3 is 0 Å². The van der Waals surface area contributed by atoms with Gasteiger partial charge in [-0.1, -0.05) is 57.6 Å². The third kappa shape index (κ3) is 13.7. The van der Waals surface area contributed by atoms with Crippen molar-refractivity contribution in [2.24, 2.45) is 0 Å². The molecule has 0 aromatic carbocycles. The zero-order valence-electron chi connectivity index (χ0n) is 16.8. The number of amides is 2. The highest BCUT2D eigenvalue weighted by Crippen LogP contribution is 2.30. The summed E-state index contributed by atoms with van der Waals surface area (Å²) in [4.78, 5) is 22.5. The van der Waals surface area contributed by atoms with E-state index in [2.05, 4.69) is 29.7 Å². The third-order valence-electron chi connectivity index (χ3n) is 4.78. The van der Waals surface area contributed by atoms with Crippen LogP contribution in [0, 0.1) is 0 Å². The number of rotatable bonds is 17. The van der Waals surface area contributed by atoms with Crippen molar-refractivity contribution in [2.75, 3.05) is 12.5 Å². The molecule has 6 heteroatoms. The lowest BCUT2D eigenvalue weighted by molar-refractivity contribution is -0.122. The summed E-state index contributed by atoms with van der Waals surface area (Å²) in [6, 6.07) is 0. The van der Waals surface area contributed by atoms with Crippen molar-refractivity contribution in [1.82, 2.24) is 10.6 Å². The van der Waals surface area contributed by atoms with Crippen LogP contribution in [0.1, 0.15) is 84.0 Å². The smallest absolute Gasteiger partial charge is 0.236 e. The van der Waals surface area contributed by atoms with Crippen LogP contribution >= 0.6 is 11.6 Å². The Labute approximate surface area is 169 Å². The Bertz CT molecular complexity index is 443. The molecule has 1 aliphatic heterocycles. The van der Waals surface area contributed by atoms with Crippen molar-refractivity contribution >= 4 is 23.4 Å². The Kier molecular flexibility index (Phi) is 14.1. The molecule has 0 aliphatic carbocycles. The van der Waals surface area contributed by atoms with Gasteiger partial charge in [0.1, 0.15) is 5.88 Å². The second kappa shape index (κ2) is 15.9. The van der Waals surface area contributed by atoms with Crippen LogP contribution < -0.4 is 10.6 Å². The van der Waals surface area contributed by atoms with Gasteiger partial charge < -0.3 is 15.4 Å². The van der Waals surface area contributed by atoms with Crippen molar-refractivity contribution < 1.29 is 14.3 Å². The number of hydrogen-bond donors (Lipinski definition) is 2. The molecule has 5 nitrogen and oxygen atoms in total. The highest BCUT2D eigenvalue weighted by Gasteiger charge is 2.36. The largest absolute Gasteiger partial charge is 0.369 e. The lowest BCUT2D eigenvalue weighted by atomic mass is 10.1. The molecule has 1 saturated heterocycles. The van der Waals surface area contributed by atoms with Crippen LogP contribution in [0.2, 0.25) is 0 Å². The molecular weight excluding hydrogens is 364 g/mol. The van der Waals surface area contributed by atoms with Gasteiger partial charge in [0.2, 0.25) is 11.8 Å². The van der Waals surface area contributed by atoms with E-state index in [0.717, 1.165) is 32.1 Å². The van der Waals surface area contributed by atoms with Crippen LogP contribution in [0.5, 0.6) is 0 Å². The summed E-state index contributed by atoms with van der Waals surface area (Å²) < 4.78 is 5.69. The van der Waals surface area contributed by atoms with E-state index in [9.17, 15) is 9.59 Å². The number of unbranched alkanes of at least 4 members (excludes halogenated alkanes) is 7. The van der Waals surface area contributed by atoms with Crippen LogP contribution in [0.4, 0.5) is 0 Å². The maximum atomic E-state index is 11.6. The van der Waals surface area contributed by atoms with Crippen LogP contribution in [-0.2, 0) is 14.3 Å². The minimum absolute atomic E-state index is 0.0249. The van der Waals surface area contributed by atoms with Gasteiger partial charge in [-0.25, -0.2) is 0 Å². The number of halogens is 1. The van der Waals surface area contributed by atoms with Gasteiger partial charge in [0.15, 0.2) is 0 Å². The van der Waals surface area contributed by atoms with Crippen LogP contribution in [0.15, 0.2) is 12.2 Å². The second-order valence-corrected chi connectivity index (χ2v) is 7.50. The summed E-state index contributed by atoms with van der Waals surface area (Å²) in [5.74, 6) is -0.385. The first kappa shape index (κ1) is 24.0. The predicted molar refractivity (Wildman–Crippen MR) is 111 cm³/mol. The van der Waals surface area contributed by atoms with E-state index in [4.69, 9.17) is 16.3 Å². The maximum absolute atomic E-state index is 11.6. The van der Waals surface area contributed by atoms with E-state index in [1.807, 2.05) is 0 Å². The van der Waals surface area contributed by atoms with E-state index >= 15 is 0 Å². The SMILES string of the molecule is CCCCC[C@H]1O[C@H]1C/C=C\CCCCCCCC(=O)NCNC(=O)CCl. The van der Waals surface area contributed by atoms with Gasteiger partial charge in [0.25, 0.3) is 0 Å². The highest BCUT2D eigenvalue weighted by atomic mass is 35.5. The molecule has 0 spiro atoms. The molecule has 1 aliphatic rings. The summed E-state index contributed by atoms with van der Waals surface area (Å²) >= 11 is 5.35. The molecule has 0 radical (unpaired) electrons. The van der Waals surface area contributed by atoms with Crippen molar-refractivity contribution in [3.05, 3.63) is 12.2 Å². The number of nitrogens with one attached hydrogen (secondary N) is 2. The first-order chi connectivity index (χ1) is 13.2. The number of hydrogen-bond acceptors (Lipinski definition) is 3. The fourth-order valence-corrected chi connectivity index (χ4v) is 3.13. The zero-order valence-corrected chi connectivity index (χ0v) is 17.6. The molecule has 2 amide bonds. The van der Waals surface area contributed by atoms with Crippen molar-refractivity contribution in [1.29, 1.82) is 0 Å². The van der Waals surface area contributed by atoms with E-state index in [1.165, 1.54) is 38.5 Å². The molecule has 2 N–H and O–H groups in total. The summed E-state index contributed by atoms with van der Waals surface area (Å²) in [5.41, 5.74) is 0. The van der Waals surface area contributed by atoms with Crippen LogP contribution in [-0.4, -0.2) is 36.6 Å². The fourth-order valence-electron chi connectivity index (χ4n) is 3.04. The summed E-state index contributed by atoms with van der Waals surface area (Å²) in [6.45, 7) is 2.39. The topological polar surface area (TPSA) is 70.7 Å². The van der Waals surface area contributed by atoms with Crippen molar-refractivity contribution in [3.63, 3.8) is 0 Å². The molecule has 27 heavy (non-hydrogen) atoms. The van der Waals surface area contributed by atoms with Gasteiger partial charge in [-0.2, -0.15) is 0 Å². The molecule has 0 saturated carbocycles. The quantitative estimate of drug-likeness (QED) is 0.125. The Morgan fingerprint density at radius 3 is 2.44 bits per heavy atom. The minimum Gasteiger partial charge on any atom is -0.369 e. The molecule has 0 unspecified atom stereocenters. The number of carbonyl (C=O) groups is 2. The molecule has 0 bridgehead atoms. The van der Waals surface area contributed by atoms with E-state index in [0.29, 0.717) is 18.6 Å². The Morgan fingerprint density at radius 2 is 1.67 bits per heavy atom. The molecule has 0 aromatic rings. The van der Waals surface area contributed by atoms with Gasteiger partial charge in [-0.05, 0) is 32.1 Å².